The molecule has 2 aromatic rings. The number of rotatable bonds is 12. The number of likely N-dealkylation sites (tertiary alicyclic amines) is 1. The van der Waals surface area contributed by atoms with Crippen molar-refractivity contribution in [3.8, 4) is 0 Å². The van der Waals surface area contributed by atoms with Gasteiger partial charge in [-0.05, 0) is 62.1 Å². The monoisotopic (exact) mass is 455 g/mol. The number of aliphatic hydroxyl groups is 1. The second kappa shape index (κ2) is 12.0. The fourth-order valence-corrected chi connectivity index (χ4v) is 5.06. The van der Waals surface area contributed by atoms with Crippen molar-refractivity contribution in [2.45, 2.75) is 64.0 Å². The average Bonchev–Trinajstić information content (AvgIpc) is 3.40. The summed E-state index contributed by atoms with van der Waals surface area (Å²) in [5, 5.41) is 19.6. The fourth-order valence-electron chi connectivity index (χ4n) is 4.17. The molecule has 3 atom stereocenters. The van der Waals surface area contributed by atoms with E-state index in [1.165, 1.54) is 16.9 Å². The number of thiophene rings is 1. The number of carbonyl (C=O) groups excluding carboxylic acids is 1. The van der Waals surface area contributed by atoms with Crippen LogP contribution in [0.25, 0.3) is 0 Å². The topological polar surface area (TPSA) is 77.8 Å². The summed E-state index contributed by atoms with van der Waals surface area (Å²) < 4.78 is 0. The van der Waals surface area contributed by atoms with Gasteiger partial charge in [-0.2, -0.15) is 0 Å². The number of carbonyl (C=O) groups is 2. The van der Waals surface area contributed by atoms with Crippen molar-refractivity contribution in [1.82, 2.24) is 4.90 Å². The summed E-state index contributed by atoms with van der Waals surface area (Å²) in [6, 6.07) is 13.9. The van der Waals surface area contributed by atoms with Crippen LogP contribution in [0.15, 0.2) is 54.6 Å². The molecule has 172 valence electrons. The van der Waals surface area contributed by atoms with Crippen LogP contribution >= 0.6 is 11.3 Å². The van der Waals surface area contributed by atoms with Crippen LogP contribution in [-0.2, 0) is 17.6 Å². The maximum absolute atomic E-state index is 12.3. The molecule has 6 heteroatoms. The van der Waals surface area contributed by atoms with E-state index < -0.39 is 12.1 Å². The van der Waals surface area contributed by atoms with Gasteiger partial charge >= 0.3 is 5.97 Å². The highest BCUT2D eigenvalue weighted by Crippen LogP contribution is 2.23. The molecule has 1 fully saturated rings. The third kappa shape index (κ3) is 7.04. The number of benzene rings is 1. The molecule has 3 rings (SSSR count). The Hall–Kier alpha value is -2.44. The van der Waals surface area contributed by atoms with E-state index in [0.29, 0.717) is 17.8 Å². The summed E-state index contributed by atoms with van der Waals surface area (Å²) in [7, 11) is 0. The zero-order valence-corrected chi connectivity index (χ0v) is 19.5. The summed E-state index contributed by atoms with van der Waals surface area (Å²) in [6.45, 7) is 2.72. The molecule has 5 nitrogen and oxygen atoms in total. The lowest BCUT2D eigenvalue weighted by Gasteiger charge is -2.23. The number of aryl methyl sites for hydroxylation is 2. The Labute approximate surface area is 194 Å². The molecule has 1 amide bonds. The van der Waals surface area contributed by atoms with E-state index in [4.69, 9.17) is 5.11 Å². The summed E-state index contributed by atoms with van der Waals surface area (Å²) in [5.41, 5.74) is 1.33. The van der Waals surface area contributed by atoms with Gasteiger partial charge in [0.25, 0.3) is 0 Å². The molecule has 32 heavy (non-hydrogen) atoms. The predicted molar refractivity (Wildman–Crippen MR) is 128 cm³/mol. The largest absolute Gasteiger partial charge is 0.477 e. The Bertz CT molecular complexity index is 908. The van der Waals surface area contributed by atoms with Crippen molar-refractivity contribution in [2.24, 2.45) is 5.92 Å². The second-order valence-electron chi connectivity index (χ2n) is 8.60. The van der Waals surface area contributed by atoms with Gasteiger partial charge in [-0.25, -0.2) is 4.79 Å². The lowest BCUT2D eigenvalue weighted by Crippen LogP contribution is -2.33. The number of amides is 1. The lowest BCUT2D eigenvalue weighted by atomic mass is 9.95. The van der Waals surface area contributed by atoms with Crippen LogP contribution in [0.5, 0.6) is 0 Å². The second-order valence-corrected chi connectivity index (χ2v) is 9.77. The van der Waals surface area contributed by atoms with Crippen LogP contribution in [0, 0.1) is 5.92 Å². The molecule has 1 aliphatic heterocycles. The van der Waals surface area contributed by atoms with Crippen LogP contribution < -0.4 is 0 Å². The van der Waals surface area contributed by atoms with Gasteiger partial charge in [0.1, 0.15) is 4.88 Å². The van der Waals surface area contributed by atoms with Crippen molar-refractivity contribution in [3.63, 3.8) is 0 Å². The van der Waals surface area contributed by atoms with E-state index in [-0.39, 0.29) is 17.9 Å². The zero-order chi connectivity index (χ0) is 22.9. The molecule has 0 saturated carbocycles. The van der Waals surface area contributed by atoms with E-state index in [1.54, 1.807) is 6.07 Å². The molecule has 0 spiro atoms. The number of aromatic carboxylic acids is 1. The first-order valence-corrected chi connectivity index (χ1v) is 12.3. The quantitative estimate of drug-likeness (QED) is 0.444. The molecule has 2 N–H and O–H groups in total. The Kier molecular flexibility index (Phi) is 9.06. The highest BCUT2D eigenvalue weighted by Gasteiger charge is 2.28. The molecule has 1 aromatic carbocycles. The van der Waals surface area contributed by atoms with E-state index in [9.17, 15) is 14.7 Å². The predicted octanol–water partition coefficient (Wildman–Crippen LogP) is 4.95. The summed E-state index contributed by atoms with van der Waals surface area (Å²) in [4.78, 5) is 26.6. The summed E-state index contributed by atoms with van der Waals surface area (Å²) in [6.07, 6.45) is 9.25. The number of aliphatic hydroxyl groups excluding tert-OH is 1. The SMILES string of the molecule is C[C@H](CCCc1ccccc1)[C@H](O)/C=C/[C@H]1CCC(=O)N1CCCc1ccc(C(=O)O)s1. The molecular weight excluding hydrogens is 422 g/mol. The van der Waals surface area contributed by atoms with Crippen molar-refractivity contribution in [1.29, 1.82) is 0 Å². The van der Waals surface area contributed by atoms with Gasteiger partial charge in [0, 0.05) is 17.8 Å². The van der Waals surface area contributed by atoms with Crippen molar-refractivity contribution < 1.29 is 19.8 Å². The van der Waals surface area contributed by atoms with Gasteiger partial charge in [-0.1, -0.05) is 49.4 Å². The maximum atomic E-state index is 12.3. The smallest absolute Gasteiger partial charge is 0.345 e. The average molecular weight is 456 g/mol. The molecular formula is C26H33NO4S. The Balaban J connectivity index is 1.43. The minimum absolute atomic E-state index is 0.0339. The van der Waals surface area contributed by atoms with E-state index in [1.807, 2.05) is 29.2 Å². The zero-order valence-electron chi connectivity index (χ0n) is 18.7. The standard InChI is InChI=1S/C26H33NO4S/c1-19(7-5-10-20-8-3-2-4-9-20)23(28)15-12-21-13-17-25(29)27(21)18-6-11-22-14-16-24(32-22)26(30)31/h2-4,8-9,12,14-16,19,21,23,28H,5-7,10-11,13,17-18H2,1H3,(H,30,31)/b15-12+/t19-,21+,23-/m1/s1. The molecule has 1 saturated heterocycles. The number of carboxylic acids is 1. The Morgan fingerprint density at radius 3 is 2.69 bits per heavy atom. The number of hydrogen-bond donors (Lipinski definition) is 2. The molecule has 1 aromatic heterocycles. The fraction of sp³-hybridized carbons (Fsp3) is 0.462. The maximum Gasteiger partial charge on any atom is 0.345 e. The minimum atomic E-state index is -0.894. The first-order chi connectivity index (χ1) is 15.4. The van der Waals surface area contributed by atoms with E-state index >= 15 is 0 Å². The molecule has 1 aliphatic rings. The van der Waals surface area contributed by atoms with Crippen molar-refractivity contribution in [3.05, 3.63) is 69.9 Å². The van der Waals surface area contributed by atoms with Gasteiger partial charge < -0.3 is 15.1 Å². The minimum Gasteiger partial charge on any atom is -0.477 e. The highest BCUT2D eigenvalue weighted by atomic mass is 32.1. The third-order valence-corrected chi connectivity index (χ3v) is 7.28. The van der Waals surface area contributed by atoms with Crippen LogP contribution in [0.4, 0.5) is 0 Å². The van der Waals surface area contributed by atoms with Crippen LogP contribution in [0.1, 0.15) is 59.1 Å². The van der Waals surface area contributed by atoms with Crippen LogP contribution in [0.3, 0.4) is 0 Å². The van der Waals surface area contributed by atoms with Gasteiger partial charge in [0.15, 0.2) is 0 Å². The van der Waals surface area contributed by atoms with E-state index in [2.05, 4.69) is 31.2 Å². The Morgan fingerprint density at radius 1 is 1.19 bits per heavy atom. The van der Waals surface area contributed by atoms with Crippen molar-refractivity contribution >= 4 is 23.2 Å². The van der Waals surface area contributed by atoms with E-state index in [0.717, 1.165) is 43.4 Å². The molecule has 0 unspecified atom stereocenters. The lowest BCUT2D eigenvalue weighted by molar-refractivity contribution is -0.128. The highest BCUT2D eigenvalue weighted by molar-refractivity contribution is 7.13. The van der Waals surface area contributed by atoms with Gasteiger partial charge in [-0.3, -0.25) is 4.79 Å². The third-order valence-electron chi connectivity index (χ3n) is 6.15. The Morgan fingerprint density at radius 2 is 1.97 bits per heavy atom. The van der Waals surface area contributed by atoms with Crippen LogP contribution in [-0.4, -0.2) is 45.7 Å². The number of hydrogen-bond acceptors (Lipinski definition) is 4. The first kappa shape index (κ1) is 24.2. The summed E-state index contributed by atoms with van der Waals surface area (Å²) >= 11 is 1.30. The molecule has 0 bridgehead atoms. The van der Waals surface area contributed by atoms with Gasteiger partial charge in [-0.15, -0.1) is 11.3 Å². The molecule has 0 radical (unpaired) electrons. The van der Waals surface area contributed by atoms with Gasteiger partial charge in [0.2, 0.25) is 5.91 Å². The van der Waals surface area contributed by atoms with Crippen LogP contribution in [0.2, 0.25) is 0 Å². The van der Waals surface area contributed by atoms with Gasteiger partial charge in [0.05, 0.1) is 12.1 Å². The molecule has 0 aliphatic carbocycles. The number of nitrogens with zero attached hydrogens (tertiary/aromatic N) is 1. The first-order valence-electron chi connectivity index (χ1n) is 11.5. The van der Waals surface area contributed by atoms with Crippen molar-refractivity contribution in [2.75, 3.05) is 6.54 Å². The molecule has 2 heterocycles. The number of carboxylic acid groups (broad SMARTS) is 1. The normalized spacial score (nSPS) is 18.4. The summed E-state index contributed by atoms with van der Waals surface area (Å²) in [5.74, 6) is -0.570.